The van der Waals surface area contributed by atoms with Gasteiger partial charge in [0.2, 0.25) is 0 Å². The molecule has 0 aliphatic carbocycles. The van der Waals surface area contributed by atoms with Gasteiger partial charge in [0, 0.05) is 25.7 Å². The van der Waals surface area contributed by atoms with Gasteiger partial charge in [-0.3, -0.25) is 4.90 Å². The van der Waals surface area contributed by atoms with Gasteiger partial charge >= 0.3 is 0 Å². The fourth-order valence-electron chi connectivity index (χ4n) is 3.55. The molecule has 0 bridgehead atoms. The largest absolute Gasteiger partial charge is 0.457 e. The number of nitrogens with zero attached hydrogens (tertiary/aromatic N) is 1. The molecule has 1 saturated heterocycles. The summed E-state index contributed by atoms with van der Waals surface area (Å²) in [6, 6.07) is 19.2. The summed E-state index contributed by atoms with van der Waals surface area (Å²) < 4.78 is 6.05. The van der Waals surface area contributed by atoms with E-state index in [9.17, 15) is 0 Å². The minimum absolute atomic E-state index is 0.485. The van der Waals surface area contributed by atoms with Crippen LogP contribution in [0.1, 0.15) is 44.2 Å². The topological polar surface area (TPSA) is 24.5 Å². The van der Waals surface area contributed by atoms with Gasteiger partial charge in [-0.15, -0.1) is 0 Å². The lowest BCUT2D eigenvalue weighted by molar-refractivity contribution is 0.197. The van der Waals surface area contributed by atoms with Crippen molar-refractivity contribution in [3.05, 3.63) is 60.2 Å². The van der Waals surface area contributed by atoms with Gasteiger partial charge < -0.3 is 10.1 Å². The summed E-state index contributed by atoms with van der Waals surface area (Å²) >= 11 is 0. The zero-order chi connectivity index (χ0) is 17.3. The maximum absolute atomic E-state index is 6.05. The quantitative estimate of drug-likeness (QED) is 0.768. The number of unbranched alkanes of at least 4 members (excludes halogenated alkanes) is 1. The van der Waals surface area contributed by atoms with Gasteiger partial charge in [0.1, 0.15) is 11.5 Å². The highest BCUT2D eigenvalue weighted by Gasteiger charge is 2.21. The minimum atomic E-state index is 0.485. The summed E-state index contributed by atoms with van der Waals surface area (Å²) in [5.74, 6) is 1.82. The van der Waals surface area contributed by atoms with Crippen LogP contribution in [-0.4, -0.2) is 31.1 Å². The molecule has 1 aliphatic heterocycles. The van der Waals surface area contributed by atoms with Crippen molar-refractivity contribution < 1.29 is 4.74 Å². The van der Waals surface area contributed by atoms with Gasteiger partial charge in [0.15, 0.2) is 0 Å². The van der Waals surface area contributed by atoms with E-state index in [0.717, 1.165) is 31.1 Å². The normalized spacial score (nSPS) is 17.0. The monoisotopic (exact) mass is 338 g/mol. The molecule has 3 heteroatoms. The van der Waals surface area contributed by atoms with E-state index < -0.39 is 0 Å². The van der Waals surface area contributed by atoms with Crippen molar-refractivity contribution in [2.45, 2.75) is 38.6 Å². The zero-order valence-electron chi connectivity index (χ0n) is 15.3. The van der Waals surface area contributed by atoms with E-state index in [4.69, 9.17) is 4.74 Å². The second-order valence-electron chi connectivity index (χ2n) is 6.79. The molecule has 0 saturated carbocycles. The van der Waals surface area contributed by atoms with Crippen LogP contribution in [0.2, 0.25) is 0 Å². The third-order valence-corrected chi connectivity index (χ3v) is 4.87. The van der Waals surface area contributed by atoms with Crippen LogP contribution in [0.15, 0.2) is 54.6 Å². The van der Waals surface area contributed by atoms with Crippen molar-refractivity contribution in [2.24, 2.45) is 0 Å². The molecule has 0 spiro atoms. The second-order valence-corrected chi connectivity index (χ2v) is 6.79. The summed E-state index contributed by atoms with van der Waals surface area (Å²) in [6.07, 6.45) is 4.94. The number of nitrogens with one attached hydrogen (secondary N) is 1. The van der Waals surface area contributed by atoms with E-state index in [1.807, 2.05) is 30.3 Å². The van der Waals surface area contributed by atoms with Gasteiger partial charge in [0.05, 0.1) is 0 Å². The number of para-hydroxylation sites is 1. The van der Waals surface area contributed by atoms with Crippen molar-refractivity contribution in [3.63, 3.8) is 0 Å². The molecule has 1 aliphatic rings. The molecular formula is C22H30N2O. The van der Waals surface area contributed by atoms with Crippen LogP contribution < -0.4 is 10.1 Å². The molecule has 2 aromatic carbocycles. The van der Waals surface area contributed by atoms with Crippen molar-refractivity contribution >= 4 is 0 Å². The lowest BCUT2D eigenvalue weighted by Crippen LogP contribution is -2.32. The van der Waals surface area contributed by atoms with Gasteiger partial charge in [-0.05, 0) is 49.2 Å². The zero-order valence-corrected chi connectivity index (χ0v) is 15.3. The van der Waals surface area contributed by atoms with Gasteiger partial charge in [-0.25, -0.2) is 0 Å². The Labute approximate surface area is 152 Å². The maximum atomic E-state index is 6.05. The van der Waals surface area contributed by atoms with Crippen LogP contribution in [0.4, 0.5) is 0 Å². The molecule has 1 unspecified atom stereocenters. The van der Waals surface area contributed by atoms with Gasteiger partial charge in [-0.1, -0.05) is 50.1 Å². The maximum Gasteiger partial charge on any atom is 0.127 e. The Morgan fingerprint density at radius 2 is 1.84 bits per heavy atom. The molecule has 2 aromatic rings. The molecule has 134 valence electrons. The number of hydrogen-bond acceptors (Lipinski definition) is 3. The molecule has 25 heavy (non-hydrogen) atoms. The minimum Gasteiger partial charge on any atom is -0.457 e. The van der Waals surface area contributed by atoms with E-state index in [1.54, 1.807) is 0 Å². The Morgan fingerprint density at radius 3 is 2.68 bits per heavy atom. The third-order valence-electron chi connectivity index (χ3n) is 4.87. The molecule has 1 heterocycles. The Hall–Kier alpha value is -1.84. The van der Waals surface area contributed by atoms with Crippen LogP contribution in [-0.2, 0) is 0 Å². The highest BCUT2D eigenvalue weighted by atomic mass is 16.5. The molecule has 1 fully saturated rings. The summed E-state index contributed by atoms with van der Waals surface area (Å²) in [5, 5.41) is 3.52. The number of ether oxygens (including phenoxy) is 1. The van der Waals surface area contributed by atoms with Crippen molar-refractivity contribution in [1.29, 1.82) is 0 Å². The van der Waals surface area contributed by atoms with E-state index in [0.29, 0.717) is 6.04 Å². The van der Waals surface area contributed by atoms with Crippen molar-refractivity contribution in [2.75, 3.05) is 26.2 Å². The van der Waals surface area contributed by atoms with E-state index in [1.165, 1.54) is 37.8 Å². The first-order valence-corrected chi connectivity index (χ1v) is 9.64. The van der Waals surface area contributed by atoms with Crippen LogP contribution in [0.25, 0.3) is 0 Å². The van der Waals surface area contributed by atoms with Gasteiger partial charge in [-0.2, -0.15) is 0 Å². The lowest BCUT2D eigenvalue weighted by atomic mass is 9.99. The fourth-order valence-corrected chi connectivity index (χ4v) is 3.55. The first-order chi connectivity index (χ1) is 12.4. The van der Waals surface area contributed by atoms with Crippen molar-refractivity contribution in [1.82, 2.24) is 10.2 Å². The highest BCUT2D eigenvalue weighted by molar-refractivity contribution is 5.35. The molecule has 0 radical (unpaired) electrons. The van der Waals surface area contributed by atoms with Crippen LogP contribution >= 0.6 is 0 Å². The van der Waals surface area contributed by atoms with Gasteiger partial charge in [0.25, 0.3) is 0 Å². The van der Waals surface area contributed by atoms with E-state index >= 15 is 0 Å². The Morgan fingerprint density at radius 1 is 1.00 bits per heavy atom. The second kappa shape index (κ2) is 9.59. The smallest absolute Gasteiger partial charge is 0.127 e. The first-order valence-electron chi connectivity index (χ1n) is 9.64. The molecule has 3 rings (SSSR count). The molecule has 0 aromatic heterocycles. The fraction of sp³-hybridized carbons (Fsp3) is 0.455. The third kappa shape index (κ3) is 5.32. The average molecular weight is 338 g/mol. The SMILES string of the molecule is CCCCC(c1cccc(Oc2ccccc2)c1)N1CCCNCC1. The molecule has 0 amide bonds. The summed E-state index contributed by atoms with van der Waals surface area (Å²) in [6.45, 7) is 6.79. The molecule has 3 nitrogen and oxygen atoms in total. The molecule has 1 N–H and O–H groups in total. The van der Waals surface area contributed by atoms with E-state index in [2.05, 4.69) is 41.4 Å². The van der Waals surface area contributed by atoms with Crippen LogP contribution in [0.5, 0.6) is 11.5 Å². The van der Waals surface area contributed by atoms with Crippen LogP contribution in [0.3, 0.4) is 0 Å². The number of rotatable bonds is 7. The van der Waals surface area contributed by atoms with Crippen LogP contribution in [0, 0.1) is 0 Å². The first kappa shape index (κ1) is 18.0. The predicted octanol–water partition coefficient (Wildman–Crippen LogP) is 5.01. The average Bonchev–Trinajstić information content (AvgIpc) is 2.93. The number of hydrogen-bond donors (Lipinski definition) is 1. The Kier molecular flexibility index (Phi) is 6.89. The summed E-state index contributed by atoms with van der Waals surface area (Å²) in [5.41, 5.74) is 1.38. The predicted molar refractivity (Wildman–Crippen MR) is 104 cm³/mol. The Balaban J connectivity index is 1.78. The Bertz CT molecular complexity index is 621. The summed E-state index contributed by atoms with van der Waals surface area (Å²) in [7, 11) is 0. The van der Waals surface area contributed by atoms with E-state index in [-0.39, 0.29) is 0 Å². The molecule has 1 atom stereocenters. The lowest BCUT2D eigenvalue weighted by Gasteiger charge is -2.31. The van der Waals surface area contributed by atoms with Crippen molar-refractivity contribution in [3.8, 4) is 11.5 Å². The summed E-state index contributed by atoms with van der Waals surface area (Å²) in [4.78, 5) is 2.65. The molecular weight excluding hydrogens is 308 g/mol. The number of benzene rings is 2. The standard InChI is InChI=1S/C22H30N2O/c1-2-3-13-22(24-16-8-14-23-15-17-24)19-9-7-12-21(18-19)25-20-10-5-4-6-11-20/h4-7,9-12,18,22-23H,2-3,8,13-17H2,1H3. The highest BCUT2D eigenvalue weighted by Crippen LogP contribution is 2.31.